The number of nitrogens with one attached hydrogen (secondary N) is 2. The van der Waals surface area contributed by atoms with E-state index < -0.39 is 31.9 Å². The number of hydrogen-bond acceptors (Lipinski definition) is 6. The van der Waals surface area contributed by atoms with E-state index >= 15 is 0 Å². The van der Waals surface area contributed by atoms with Gasteiger partial charge in [-0.1, -0.05) is 12.1 Å². The number of sulfonamides is 1. The van der Waals surface area contributed by atoms with Gasteiger partial charge in [0.25, 0.3) is 0 Å². The molecule has 0 bridgehead atoms. The van der Waals surface area contributed by atoms with E-state index in [1.54, 1.807) is 0 Å². The van der Waals surface area contributed by atoms with Crippen LogP contribution in [0.1, 0.15) is 10.5 Å². The van der Waals surface area contributed by atoms with E-state index in [-0.39, 0.29) is 23.5 Å². The van der Waals surface area contributed by atoms with Gasteiger partial charge in [0, 0.05) is 24.0 Å². The second-order valence-electron chi connectivity index (χ2n) is 5.11. The SMILES string of the molecule is NS(=O)(=O)n1ccc(-c2ccc(NS(=O)(=O)CCNCl)cc2)c1C(=O)O. The summed E-state index contributed by atoms with van der Waals surface area (Å²) in [5.41, 5.74) is 0.225. The van der Waals surface area contributed by atoms with Crippen LogP contribution >= 0.6 is 11.8 Å². The first-order valence-electron chi connectivity index (χ1n) is 6.97. The summed E-state index contributed by atoms with van der Waals surface area (Å²) in [7, 11) is -7.88. The van der Waals surface area contributed by atoms with Gasteiger partial charge in [0.1, 0.15) is 0 Å². The molecule has 5 N–H and O–H groups in total. The summed E-state index contributed by atoms with van der Waals surface area (Å²) in [6, 6.07) is 7.03. The molecule has 0 saturated heterocycles. The third-order valence-corrected chi connectivity index (χ3v) is 5.59. The van der Waals surface area contributed by atoms with Crippen LogP contribution in [0.25, 0.3) is 11.1 Å². The fourth-order valence-electron chi connectivity index (χ4n) is 2.19. The minimum absolute atomic E-state index is 0.0536. The first kappa shape index (κ1) is 20.2. The minimum atomic E-state index is -4.28. The topological polar surface area (TPSA) is 161 Å². The Hall–Kier alpha value is -2.12. The van der Waals surface area contributed by atoms with Crippen LogP contribution in [0.2, 0.25) is 0 Å². The lowest BCUT2D eigenvalue weighted by Crippen LogP contribution is -2.24. The molecule has 26 heavy (non-hydrogen) atoms. The maximum atomic E-state index is 11.8. The van der Waals surface area contributed by atoms with E-state index in [1.807, 2.05) is 0 Å². The highest BCUT2D eigenvalue weighted by Crippen LogP contribution is 2.27. The number of hydrogen-bond donors (Lipinski definition) is 4. The van der Waals surface area contributed by atoms with Crippen molar-refractivity contribution in [2.45, 2.75) is 0 Å². The Morgan fingerprint density at radius 1 is 1.15 bits per heavy atom. The molecule has 0 saturated carbocycles. The van der Waals surface area contributed by atoms with Gasteiger partial charge >= 0.3 is 16.2 Å². The van der Waals surface area contributed by atoms with Crippen molar-refractivity contribution in [2.24, 2.45) is 5.14 Å². The molecule has 0 atom stereocenters. The quantitative estimate of drug-likeness (QED) is 0.447. The smallest absolute Gasteiger partial charge is 0.354 e. The predicted molar refractivity (Wildman–Crippen MR) is 96.6 cm³/mol. The van der Waals surface area contributed by atoms with Gasteiger partial charge < -0.3 is 5.11 Å². The number of nitrogens with two attached hydrogens (primary N) is 1. The van der Waals surface area contributed by atoms with Crippen molar-refractivity contribution in [3.63, 3.8) is 0 Å². The molecule has 13 heteroatoms. The molecule has 142 valence electrons. The average molecular weight is 423 g/mol. The first-order chi connectivity index (χ1) is 12.0. The van der Waals surface area contributed by atoms with Crippen molar-refractivity contribution in [2.75, 3.05) is 17.0 Å². The van der Waals surface area contributed by atoms with Crippen LogP contribution in [0, 0.1) is 0 Å². The van der Waals surface area contributed by atoms with Crippen LogP contribution in [0.3, 0.4) is 0 Å². The molecule has 2 aromatic rings. The van der Waals surface area contributed by atoms with E-state index in [9.17, 15) is 26.7 Å². The van der Waals surface area contributed by atoms with Crippen molar-refractivity contribution in [1.29, 1.82) is 0 Å². The zero-order valence-corrected chi connectivity index (χ0v) is 15.5. The van der Waals surface area contributed by atoms with Gasteiger partial charge in [-0.2, -0.15) is 8.42 Å². The van der Waals surface area contributed by atoms with E-state index in [4.69, 9.17) is 16.9 Å². The Balaban J connectivity index is 2.35. The number of nitrogens with zero attached hydrogens (tertiary/aromatic N) is 1. The minimum Gasteiger partial charge on any atom is -0.477 e. The number of halogens is 1. The number of carboxylic acid groups (broad SMARTS) is 1. The van der Waals surface area contributed by atoms with E-state index in [1.165, 1.54) is 30.3 Å². The lowest BCUT2D eigenvalue weighted by Gasteiger charge is -2.09. The van der Waals surface area contributed by atoms with Gasteiger partial charge in [-0.25, -0.2) is 27.2 Å². The molecule has 0 aliphatic rings. The Morgan fingerprint density at radius 3 is 2.27 bits per heavy atom. The third kappa shape index (κ3) is 4.74. The van der Waals surface area contributed by atoms with Gasteiger partial charge in [0.05, 0.1) is 5.75 Å². The number of rotatable bonds is 8. The molecule has 0 fully saturated rings. The molecule has 1 aromatic carbocycles. The summed E-state index contributed by atoms with van der Waals surface area (Å²) in [6.45, 7) is 0.0536. The zero-order chi connectivity index (χ0) is 19.5. The van der Waals surface area contributed by atoms with Crippen LogP contribution in [-0.2, 0) is 20.2 Å². The molecule has 2 rings (SSSR count). The number of anilines is 1. The second kappa shape index (κ2) is 7.63. The number of carboxylic acids is 1. The lowest BCUT2D eigenvalue weighted by atomic mass is 10.1. The summed E-state index contributed by atoms with van der Waals surface area (Å²) >= 11 is 5.23. The molecule has 1 aromatic heterocycles. The van der Waals surface area contributed by atoms with E-state index in [0.29, 0.717) is 9.54 Å². The number of benzene rings is 1. The Morgan fingerprint density at radius 2 is 1.77 bits per heavy atom. The van der Waals surface area contributed by atoms with Crippen LogP contribution in [-0.4, -0.2) is 44.2 Å². The molecule has 0 amide bonds. The molecular formula is C13H15ClN4O6S2. The van der Waals surface area contributed by atoms with Gasteiger partial charge in [0.2, 0.25) is 10.0 Å². The molecule has 0 aliphatic heterocycles. The molecule has 0 radical (unpaired) electrons. The van der Waals surface area contributed by atoms with Crippen LogP contribution < -0.4 is 14.7 Å². The fourth-order valence-corrected chi connectivity index (χ4v) is 4.03. The fraction of sp³-hybridized carbons (Fsp3) is 0.154. The summed E-state index contributed by atoms with van der Waals surface area (Å²) in [5.74, 6) is -1.71. The molecule has 0 spiro atoms. The number of aromatic nitrogens is 1. The normalized spacial score (nSPS) is 12.1. The summed E-state index contributed by atoms with van der Waals surface area (Å²) < 4.78 is 49.4. The molecular weight excluding hydrogens is 408 g/mol. The van der Waals surface area contributed by atoms with Gasteiger partial charge in [-0.05, 0) is 35.5 Å². The Kier molecular flexibility index (Phi) is 5.93. The zero-order valence-electron chi connectivity index (χ0n) is 13.1. The summed E-state index contributed by atoms with van der Waals surface area (Å²) in [4.78, 5) is 13.6. The summed E-state index contributed by atoms with van der Waals surface area (Å²) in [5, 5.41) is 14.3. The van der Waals surface area contributed by atoms with Crippen molar-refractivity contribution in [3.05, 3.63) is 42.2 Å². The van der Waals surface area contributed by atoms with E-state index in [2.05, 4.69) is 9.56 Å². The highest BCUT2D eigenvalue weighted by Gasteiger charge is 2.22. The molecule has 0 aliphatic carbocycles. The monoisotopic (exact) mass is 422 g/mol. The third-order valence-electron chi connectivity index (χ3n) is 3.26. The van der Waals surface area contributed by atoms with Gasteiger partial charge in [0.15, 0.2) is 5.69 Å². The van der Waals surface area contributed by atoms with Gasteiger partial charge in [-0.15, -0.1) is 0 Å². The van der Waals surface area contributed by atoms with Crippen LogP contribution in [0.4, 0.5) is 5.69 Å². The van der Waals surface area contributed by atoms with Gasteiger partial charge in [-0.3, -0.25) is 4.72 Å². The van der Waals surface area contributed by atoms with Crippen molar-refractivity contribution >= 4 is 43.7 Å². The van der Waals surface area contributed by atoms with Crippen molar-refractivity contribution in [1.82, 2.24) is 8.81 Å². The largest absolute Gasteiger partial charge is 0.477 e. The van der Waals surface area contributed by atoms with Crippen molar-refractivity contribution in [3.8, 4) is 11.1 Å². The lowest BCUT2D eigenvalue weighted by molar-refractivity contribution is 0.0690. The van der Waals surface area contributed by atoms with Crippen LogP contribution in [0.5, 0.6) is 0 Å². The van der Waals surface area contributed by atoms with Crippen LogP contribution in [0.15, 0.2) is 36.5 Å². The average Bonchev–Trinajstić information content (AvgIpc) is 2.99. The molecule has 0 unspecified atom stereocenters. The highest BCUT2D eigenvalue weighted by molar-refractivity contribution is 7.92. The molecule has 1 heterocycles. The second-order valence-corrected chi connectivity index (χ2v) is 8.64. The maximum Gasteiger partial charge on any atom is 0.354 e. The van der Waals surface area contributed by atoms with E-state index in [0.717, 1.165) is 6.20 Å². The first-order valence-corrected chi connectivity index (χ1v) is 10.5. The number of aromatic carboxylic acids is 1. The molecule has 10 nitrogen and oxygen atoms in total. The Labute approximate surface area is 154 Å². The van der Waals surface area contributed by atoms with Crippen molar-refractivity contribution < 1.29 is 26.7 Å². The predicted octanol–water partition coefficient (Wildman–Crippen LogP) is 0.390. The maximum absolute atomic E-state index is 11.8. The number of carbonyl (C=O) groups is 1. The standard InChI is InChI=1S/C13H15ClN4O6S2/c14-16-6-8-25(21,22)17-10-3-1-9(2-4-10)11-5-7-18(26(15,23)24)12(11)13(19)20/h1-5,7,16-17H,6,8H2,(H,19,20)(H2,15,23,24). The highest BCUT2D eigenvalue weighted by atomic mass is 35.5. The summed E-state index contributed by atoms with van der Waals surface area (Å²) in [6.07, 6.45) is 1.03. The Bertz CT molecular complexity index is 1020.